The van der Waals surface area contributed by atoms with E-state index in [4.69, 9.17) is 10.5 Å². The van der Waals surface area contributed by atoms with Crippen molar-refractivity contribution in [2.24, 2.45) is 0 Å². The van der Waals surface area contributed by atoms with Crippen molar-refractivity contribution < 1.29 is 27.1 Å². The Morgan fingerprint density at radius 3 is 2.53 bits per heavy atom. The van der Waals surface area contributed by atoms with Crippen molar-refractivity contribution in [1.29, 1.82) is 0 Å². The number of alkyl halides is 3. The number of amides is 1. The largest absolute Gasteiger partial charge is 0.491 e. The van der Waals surface area contributed by atoms with Gasteiger partial charge in [-0.05, 0) is 74.1 Å². The molecule has 7 nitrogen and oxygen atoms in total. The van der Waals surface area contributed by atoms with Gasteiger partial charge in [-0.3, -0.25) is 4.79 Å². The first kappa shape index (κ1) is 26.8. The van der Waals surface area contributed by atoms with Crippen LogP contribution in [-0.4, -0.2) is 48.0 Å². The lowest BCUT2D eigenvalue weighted by Crippen LogP contribution is -2.17. The summed E-state index contributed by atoms with van der Waals surface area (Å²) in [6.07, 6.45) is -2.48. The van der Waals surface area contributed by atoms with Crippen LogP contribution in [0.1, 0.15) is 22.3 Å². The molecule has 38 heavy (non-hydrogen) atoms. The van der Waals surface area contributed by atoms with Crippen LogP contribution in [0, 0.1) is 5.82 Å². The number of nitrogens with two attached hydrogens (primary N) is 1. The average Bonchev–Trinajstić information content (AvgIpc) is 2.86. The summed E-state index contributed by atoms with van der Waals surface area (Å²) in [4.78, 5) is 23.1. The zero-order valence-corrected chi connectivity index (χ0v) is 20.6. The zero-order valence-electron chi connectivity index (χ0n) is 20.6. The summed E-state index contributed by atoms with van der Waals surface area (Å²) in [5, 5.41) is 3.08. The molecule has 0 aliphatic rings. The molecule has 0 unspecified atom stereocenters. The number of nitrogens with one attached hydrogen (secondary N) is 1. The number of ether oxygens (including phenoxy) is 1. The molecule has 3 N–H and O–H groups in total. The highest BCUT2D eigenvalue weighted by Crippen LogP contribution is 2.35. The lowest BCUT2D eigenvalue weighted by molar-refractivity contribution is -0.137. The third kappa shape index (κ3) is 6.35. The van der Waals surface area contributed by atoms with Gasteiger partial charge in [-0.25, -0.2) is 14.4 Å². The lowest BCUT2D eigenvalue weighted by atomic mass is 10.0. The standard InChI is InChI=1S/C27H25F4N5O2/c1-36(2)10-3-11-38-24-9-6-19(27(29,30)31)14-23(24)34-25(37)20-13-17(4-7-21(20)28)16-5-8-22-18(12-16)15-33-26(32)35-22/h4-9,12-15H,3,10-11H2,1-2H3,(H,34,37)(H2,32,33,35). The minimum atomic E-state index is -4.64. The maximum atomic E-state index is 14.7. The molecule has 1 aromatic heterocycles. The molecule has 0 atom stereocenters. The number of anilines is 2. The van der Waals surface area contributed by atoms with Crippen molar-refractivity contribution in [2.45, 2.75) is 12.6 Å². The summed E-state index contributed by atoms with van der Waals surface area (Å²) in [5.41, 5.74) is 5.88. The molecule has 0 aliphatic carbocycles. The Kier molecular flexibility index (Phi) is 7.77. The topological polar surface area (TPSA) is 93.4 Å². The fourth-order valence-corrected chi connectivity index (χ4v) is 3.79. The second-order valence-corrected chi connectivity index (χ2v) is 8.86. The van der Waals surface area contributed by atoms with Crippen molar-refractivity contribution in [1.82, 2.24) is 14.9 Å². The van der Waals surface area contributed by atoms with Gasteiger partial charge in [0.05, 0.1) is 28.9 Å². The van der Waals surface area contributed by atoms with Gasteiger partial charge in [0.25, 0.3) is 5.91 Å². The first-order chi connectivity index (χ1) is 18.0. The Morgan fingerprint density at radius 2 is 1.79 bits per heavy atom. The number of nitrogens with zero attached hydrogens (tertiary/aromatic N) is 3. The van der Waals surface area contributed by atoms with Crippen LogP contribution in [0.5, 0.6) is 5.75 Å². The highest BCUT2D eigenvalue weighted by atomic mass is 19.4. The predicted molar refractivity (Wildman–Crippen MR) is 137 cm³/mol. The van der Waals surface area contributed by atoms with Gasteiger partial charge in [0, 0.05) is 18.1 Å². The molecular weight excluding hydrogens is 502 g/mol. The van der Waals surface area contributed by atoms with E-state index in [1.54, 1.807) is 24.4 Å². The molecule has 4 rings (SSSR count). The van der Waals surface area contributed by atoms with Crippen LogP contribution in [-0.2, 0) is 6.18 Å². The number of hydrogen-bond donors (Lipinski definition) is 2. The first-order valence-corrected chi connectivity index (χ1v) is 11.6. The van der Waals surface area contributed by atoms with E-state index in [1.165, 1.54) is 12.1 Å². The number of hydrogen-bond acceptors (Lipinski definition) is 6. The van der Waals surface area contributed by atoms with Crippen LogP contribution in [0.2, 0.25) is 0 Å². The molecule has 0 spiro atoms. The molecule has 0 radical (unpaired) electrons. The molecule has 0 bridgehead atoms. The Balaban J connectivity index is 1.62. The van der Waals surface area contributed by atoms with Crippen molar-refractivity contribution in [3.63, 3.8) is 0 Å². The van der Waals surface area contributed by atoms with Crippen LogP contribution in [0.4, 0.5) is 29.2 Å². The summed E-state index contributed by atoms with van der Waals surface area (Å²) < 4.78 is 60.4. The fourth-order valence-electron chi connectivity index (χ4n) is 3.79. The predicted octanol–water partition coefficient (Wildman–Crippen LogP) is 5.62. The number of carbonyl (C=O) groups excluding carboxylic acids is 1. The Labute approximate surface area is 216 Å². The van der Waals surface area contributed by atoms with Gasteiger partial charge in [-0.2, -0.15) is 13.2 Å². The van der Waals surface area contributed by atoms with Crippen molar-refractivity contribution in [2.75, 3.05) is 38.3 Å². The normalized spacial score (nSPS) is 11.7. The summed E-state index contributed by atoms with van der Waals surface area (Å²) in [5.74, 6) is -1.57. The van der Waals surface area contributed by atoms with Crippen LogP contribution in [0.3, 0.4) is 0 Å². The monoisotopic (exact) mass is 527 g/mol. The van der Waals surface area contributed by atoms with Gasteiger partial charge in [-0.15, -0.1) is 0 Å². The van der Waals surface area contributed by atoms with E-state index in [0.29, 0.717) is 35.0 Å². The van der Waals surface area contributed by atoms with Crippen molar-refractivity contribution in [3.05, 3.63) is 77.7 Å². The summed E-state index contributed by atoms with van der Waals surface area (Å²) in [7, 11) is 3.77. The van der Waals surface area contributed by atoms with Gasteiger partial charge in [0.15, 0.2) is 0 Å². The maximum Gasteiger partial charge on any atom is 0.416 e. The molecule has 4 aromatic rings. The summed E-state index contributed by atoms with van der Waals surface area (Å²) >= 11 is 0. The number of aromatic nitrogens is 2. The Hall–Kier alpha value is -4.25. The first-order valence-electron chi connectivity index (χ1n) is 11.6. The van der Waals surface area contributed by atoms with E-state index in [-0.39, 0.29) is 29.6 Å². The SMILES string of the molecule is CN(C)CCCOc1ccc(C(F)(F)F)cc1NC(=O)c1cc(-c2ccc3nc(N)ncc3c2)ccc1F. The van der Waals surface area contributed by atoms with E-state index in [2.05, 4.69) is 15.3 Å². The second-order valence-electron chi connectivity index (χ2n) is 8.86. The number of halogens is 4. The number of benzene rings is 3. The number of fused-ring (bicyclic) bond motifs is 1. The van der Waals surface area contributed by atoms with Gasteiger partial charge >= 0.3 is 6.18 Å². The third-order valence-electron chi connectivity index (χ3n) is 5.71. The average molecular weight is 528 g/mol. The van der Waals surface area contributed by atoms with Crippen molar-refractivity contribution >= 4 is 28.4 Å². The Bertz CT molecular complexity index is 1470. The van der Waals surface area contributed by atoms with E-state index in [1.807, 2.05) is 19.0 Å². The summed E-state index contributed by atoms with van der Waals surface area (Å²) in [6, 6.07) is 11.9. The van der Waals surface area contributed by atoms with Crippen molar-refractivity contribution in [3.8, 4) is 16.9 Å². The second kappa shape index (κ2) is 11.0. The highest BCUT2D eigenvalue weighted by molar-refractivity contribution is 6.06. The molecule has 0 saturated heterocycles. The molecule has 3 aromatic carbocycles. The maximum absolute atomic E-state index is 14.7. The molecule has 0 fully saturated rings. The molecule has 1 amide bonds. The molecule has 1 heterocycles. The zero-order chi connectivity index (χ0) is 27.4. The number of rotatable bonds is 8. The highest BCUT2D eigenvalue weighted by Gasteiger charge is 2.31. The van der Waals surface area contributed by atoms with Crippen LogP contribution in [0.25, 0.3) is 22.0 Å². The van der Waals surface area contributed by atoms with E-state index >= 15 is 0 Å². The number of nitrogen functional groups attached to an aromatic ring is 1. The van der Waals surface area contributed by atoms with Gasteiger partial charge in [-0.1, -0.05) is 12.1 Å². The fraction of sp³-hybridized carbons (Fsp3) is 0.222. The van der Waals surface area contributed by atoms with Gasteiger partial charge in [0.2, 0.25) is 5.95 Å². The quantitative estimate of drug-likeness (QED) is 0.228. The van der Waals surface area contributed by atoms with Gasteiger partial charge in [0.1, 0.15) is 11.6 Å². The van der Waals surface area contributed by atoms with E-state index in [9.17, 15) is 22.4 Å². The smallest absolute Gasteiger partial charge is 0.416 e. The molecular formula is C27H25F4N5O2. The third-order valence-corrected chi connectivity index (χ3v) is 5.71. The number of carbonyl (C=O) groups is 1. The van der Waals surface area contributed by atoms with Crippen LogP contribution >= 0.6 is 0 Å². The minimum Gasteiger partial charge on any atom is -0.491 e. The van der Waals surface area contributed by atoms with E-state index < -0.39 is 23.5 Å². The molecule has 0 saturated carbocycles. The van der Waals surface area contributed by atoms with Crippen LogP contribution in [0.15, 0.2) is 60.8 Å². The minimum absolute atomic E-state index is 0.0514. The Morgan fingerprint density at radius 1 is 1.05 bits per heavy atom. The van der Waals surface area contributed by atoms with Gasteiger partial charge < -0.3 is 20.7 Å². The molecule has 198 valence electrons. The lowest BCUT2D eigenvalue weighted by Gasteiger charge is -2.16. The summed E-state index contributed by atoms with van der Waals surface area (Å²) in [6.45, 7) is 0.919. The molecule has 11 heteroatoms. The molecule has 0 aliphatic heterocycles. The van der Waals surface area contributed by atoms with E-state index in [0.717, 1.165) is 24.3 Å². The van der Waals surface area contributed by atoms with Crippen LogP contribution < -0.4 is 15.8 Å².